The smallest absolute Gasteiger partial charge is 0.377 e. The first kappa shape index (κ1) is 13.0. The molecule has 1 aliphatic heterocycles. The van der Waals surface area contributed by atoms with Crippen molar-refractivity contribution in [2.75, 3.05) is 7.11 Å². The predicted octanol–water partition coefficient (Wildman–Crippen LogP) is 2.35. The van der Waals surface area contributed by atoms with Gasteiger partial charge < -0.3 is 13.3 Å². The highest BCUT2D eigenvalue weighted by molar-refractivity contribution is 6.61. The van der Waals surface area contributed by atoms with Crippen LogP contribution in [0.5, 0.6) is 0 Å². The molecule has 1 heterocycles. The summed E-state index contributed by atoms with van der Waals surface area (Å²) in [5, 5.41) is 0. The van der Waals surface area contributed by atoms with Crippen molar-refractivity contribution in [3.63, 3.8) is 0 Å². The molecule has 0 aliphatic carbocycles. The third-order valence-corrected chi connectivity index (χ3v) is 5.36. The minimum absolute atomic E-state index is 0.204. The van der Waals surface area contributed by atoms with Crippen molar-refractivity contribution >= 4 is 8.80 Å². The number of rotatable bonds is 3. The van der Waals surface area contributed by atoms with Crippen molar-refractivity contribution in [2.45, 2.75) is 44.7 Å². The third kappa shape index (κ3) is 3.44. The first-order valence-electron chi connectivity index (χ1n) is 4.75. The van der Waals surface area contributed by atoms with Crippen molar-refractivity contribution in [3.8, 4) is 0 Å². The van der Waals surface area contributed by atoms with Gasteiger partial charge in [0.2, 0.25) is 0 Å². The molecule has 7 heteroatoms. The van der Waals surface area contributed by atoms with Crippen LogP contribution >= 0.6 is 0 Å². The molecule has 2 atom stereocenters. The Morgan fingerprint density at radius 3 is 2.00 bits per heavy atom. The Morgan fingerprint density at radius 1 is 1.20 bits per heavy atom. The van der Waals surface area contributed by atoms with Crippen molar-refractivity contribution in [1.82, 2.24) is 0 Å². The lowest BCUT2D eigenvalue weighted by Gasteiger charge is -2.21. The summed E-state index contributed by atoms with van der Waals surface area (Å²) in [7, 11) is -1.72. The molecule has 0 aromatic carbocycles. The Bertz CT molecular complexity index is 212. The van der Waals surface area contributed by atoms with Gasteiger partial charge >= 0.3 is 15.0 Å². The Balaban J connectivity index is 2.56. The Hall–Kier alpha value is -0.113. The Labute approximate surface area is 87.9 Å². The number of hydrogen-bond donors (Lipinski definition) is 0. The Kier molecular flexibility index (Phi) is 3.80. The highest BCUT2D eigenvalue weighted by atomic mass is 28.4. The van der Waals surface area contributed by atoms with Gasteiger partial charge in [-0.1, -0.05) is 0 Å². The van der Waals surface area contributed by atoms with Gasteiger partial charge in [0, 0.05) is 19.6 Å². The van der Waals surface area contributed by atoms with E-state index in [4.69, 9.17) is 13.3 Å². The van der Waals surface area contributed by atoms with Gasteiger partial charge in [-0.05, 0) is 13.8 Å². The lowest BCUT2D eigenvalue weighted by molar-refractivity contribution is -0.132. The summed E-state index contributed by atoms with van der Waals surface area (Å²) in [5.74, 6) is 0. The van der Waals surface area contributed by atoms with Crippen LogP contribution in [0.15, 0.2) is 0 Å². The van der Waals surface area contributed by atoms with E-state index in [9.17, 15) is 13.2 Å². The van der Waals surface area contributed by atoms with Crippen LogP contribution in [0.25, 0.3) is 0 Å². The van der Waals surface area contributed by atoms with Crippen molar-refractivity contribution in [1.29, 1.82) is 0 Å². The summed E-state index contributed by atoms with van der Waals surface area (Å²) in [6.07, 6.45) is -5.53. The molecule has 1 rings (SSSR count). The molecule has 2 unspecified atom stereocenters. The van der Waals surface area contributed by atoms with Crippen LogP contribution in [0.3, 0.4) is 0 Å². The standard InChI is InChI=1S/C8H15F3O3Si/c1-6-7(2)14-15(12-3,13-6)5-4-8(9,10)11/h6-7H,4-5H2,1-3H3. The average molecular weight is 244 g/mol. The lowest BCUT2D eigenvalue weighted by atomic mass is 10.3. The largest absolute Gasteiger partial charge is 0.501 e. The normalized spacial score (nSPS) is 37.2. The van der Waals surface area contributed by atoms with E-state index in [2.05, 4.69) is 0 Å². The van der Waals surface area contributed by atoms with E-state index in [1.54, 1.807) is 13.8 Å². The minimum Gasteiger partial charge on any atom is -0.377 e. The maximum Gasteiger partial charge on any atom is 0.501 e. The second-order valence-corrected chi connectivity index (χ2v) is 6.39. The number of halogens is 3. The van der Waals surface area contributed by atoms with Gasteiger partial charge in [0.25, 0.3) is 0 Å². The van der Waals surface area contributed by atoms with Crippen molar-refractivity contribution in [3.05, 3.63) is 0 Å². The van der Waals surface area contributed by atoms with E-state index >= 15 is 0 Å². The van der Waals surface area contributed by atoms with Gasteiger partial charge in [-0.2, -0.15) is 13.2 Å². The van der Waals surface area contributed by atoms with E-state index in [0.717, 1.165) is 0 Å². The summed E-state index contributed by atoms with van der Waals surface area (Å²) in [4.78, 5) is 0. The molecule has 0 aromatic rings. The Morgan fingerprint density at radius 2 is 1.67 bits per heavy atom. The van der Waals surface area contributed by atoms with Gasteiger partial charge in [-0.3, -0.25) is 0 Å². The van der Waals surface area contributed by atoms with Crippen LogP contribution < -0.4 is 0 Å². The van der Waals surface area contributed by atoms with Crippen LogP contribution in [-0.2, 0) is 13.3 Å². The monoisotopic (exact) mass is 244 g/mol. The molecular weight excluding hydrogens is 229 g/mol. The maximum atomic E-state index is 12.1. The zero-order valence-electron chi connectivity index (χ0n) is 8.93. The van der Waals surface area contributed by atoms with Crippen molar-refractivity contribution < 1.29 is 26.4 Å². The van der Waals surface area contributed by atoms with Gasteiger partial charge in [-0.15, -0.1) is 0 Å². The molecule has 0 aromatic heterocycles. The minimum atomic E-state index is -4.19. The molecule has 15 heavy (non-hydrogen) atoms. The van der Waals surface area contributed by atoms with E-state index < -0.39 is 21.4 Å². The highest BCUT2D eigenvalue weighted by Crippen LogP contribution is 2.33. The van der Waals surface area contributed by atoms with E-state index in [1.165, 1.54) is 7.11 Å². The lowest BCUT2D eigenvalue weighted by Crippen LogP contribution is -2.41. The molecule has 0 bridgehead atoms. The zero-order chi connectivity index (χ0) is 11.7. The van der Waals surface area contributed by atoms with Gasteiger partial charge in [0.05, 0.1) is 12.2 Å². The van der Waals surface area contributed by atoms with Crippen molar-refractivity contribution in [2.24, 2.45) is 0 Å². The van der Waals surface area contributed by atoms with Gasteiger partial charge in [-0.25, -0.2) is 0 Å². The van der Waals surface area contributed by atoms with Crippen LogP contribution in [0.2, 0.25) is 6.04 Å². The summed E-state index contributed by atoms with van der Waals surface area (Å²) < 4.78 is 52.0. The average Bonchev–Trinajstić information content (AvgIpc) is 2.40. The van der Waals surface area contributed by atoms with E-state index in [-0.39, 0.29) is 18.3 Å². The maximum absolute atomic E-state index is 12.1. The zero-order valence-corrected chi connectivity index (χ0v) is 9.93. The first-order valence-corrected chi connectivity index (χ1v) is 6.69. The van der Waals surface area contributed by atoms with Crippen LogP contribution in [0.4, 0.5) is 13.2 Å². The molecule has 1 saturated heterocycles. The summed E-state index contributed by atoms with van der Waals surface area (Å²) in [6.45, 7) is 3.54. The third-order valence-electron chi connectivity index (χ3n) is 2.42. The van der Waals surface area contributed by atoms with E-state index in [1.807, 2.05) is 0 Å². The SMILES string of the molecule is CO[Si]1(CCC(F)(F)F)OC(C)C(C)O1. The fourth-order valence-electron chi connectivity index (χ4n) is 1.40. The number of alkyl halides is 3. The number of hydrogen-bond acceptors (Lipinski definition) is 3. The molecule has 0 saturated carbocycles. The molecule has 0 amide bonds. The quantitative estimate of drug-likeness (QED) is 0.713. The fourth-order valence-corrected chi connectivity index (χ4v) is 4.19. The van der Waals surface area contributed by atoms with Gasteiger partial charge in [0.15, 0.2) is 0 Å². The summed E-state index contributed by atoms with van der Waals surface area (Å²) in [5.41, 5.74) is 0. The molecule has 0 radical (unpaired) electrons. The van der Waals surface area contributed by atoms with Crippen LogP contribution in [0, 0.1) is 0 Å². The van der Waals surface area contributed by atoms with Crippen LogP contribution in [0.1, 0.15) is 20.3 Å². The molecule has 1 aliphatic rings. The van der Waals surface area contributed by atoms with E-state index in [0.29, 0.717) is 0 Å². The second-order valence-electron chi connectivity index (χ2n) is 3.65. The van der Waals surface area contributed by atoms with Crippen LogP contribution in [-0.4, -0.2) is 34.3 Å². The first-order chi connectivity index (χ1) is 6.78. The second kappa shape index (κ2) is 4.40. The topological polar surface area (TPSA) is 27.7 Å². The molecule has 1 fully saturated rings. The highest BCUT2D eigenvalue weighted by Gasteiger charge is 2.51. The fraction of sp³-hybridized carbons (Fsp3) is 1.00. The molecule has 0 spiro atoms. The molecule has 0 N–H and O–H groups in total. The predicted molar refractivity (Wildman–Crippen MR) is 49.3 cm³/mol. The molecule has 3 nitrogen and oxygen atoms in total. The summed E-state index contributed by atoms with van der Waals surface area (Å²) in [6, 6.07) is -0.207. The molecule has 90 valence electrons. The molecular formula is C8H15F3O3Si. The summed E-state index contributed by atoms with van der Waals surface area (Å²) >= 11 is 0. The van der Waals surface area contributed by atoms with Gasteiger partial charge in [0.1, 0.15) is 0 Å².